The molecule has 3 atom stereocenters. The minimum atomic E-state index is -0.772. The lowest BCUT2D eigenvalue weighted by Crippen LogP contribution is -2.39. The summed E-state index contributed by atoms with van der Waals surface area (Å²) in [5.74, 6) is -1.15. The zero-order valence-corrected chi connectivity index (χ0v) is 10.7. The molecule has 3 rings (SSSR count). The van der Waals surface area contributed by atoms with E-state index in [9.17, 15) is 19.5 Å². The van der Waals surface area contributed by atoms with E-state index in [0.29, 0.717) is 26.1 Å². The predicted molar refractivity (Wildman–Crippen MR) is 65.1 cm³/mol. The number of nitrogens with zero attached hydrogens (tertiary/aromatic N) is 1. The van der Waals surface area contributed by atoms with Crippen molar-refractivity contribution in [2.75, 3.05) is 19.6 Å². The average Bonchev–Trinajstić information content (AvgIpc) is 3.00. The van der Waals surface area contributed by atoms with Gasteiger partial charge in [-0.15, -0.1) is 0 Å². The van der Waals surface area contributed by atoms with Crippen LogP contribution in [0.4, 0.5) is 0 Å². The Hall–Kier alpha value is -1.59. The molecule has 0 aromatic heterocycles. The molecule has 19 heavy (non-hydrogen) atoms. The molecule has 6 nitrogen and oxygen atoms in total. The quantitative estimate of drug-likeness (QED) is 0.727. The lowest BCUT2D eigenvalue weighted by Gasteiger charge is -2.24. The molecular formula is C13H18N2O4. The van der Waals surface area contributed by atoms with Crippen LogP contribution < -0.4 is 5.32 Å². The third-order valence-corrected chi connectivity index (χ3v) is 4.93. The van der Waals surface area contributed by atoms with Crippen LogP contribution in [0.15, 0.2) is 0 Å². The number of amides is 2. The molecular weight excluding hydrogens is 248 g/mol. The fourth-order valence-electron chi connectivity index (χ4n) is 3.84. The van der Waals surface area contributed by atoms with Crippen molar-refractivity contribution in [1.82, 2.24) is 10.2 Å². The molecule has 1 aliphatic carbocycles. The van der Waals surface area contributed by atoms with Crippen molar-refractivity contribution >= 4 is 17.8 Å². The summed E-state index contributed by atoms with van der Waals surface area (Å²) in [6.07, 6.45) is 2.72. The summed E-state index contributed by atoms with van der Waals surface area (Å²) in [6.45, 7) is 1.24. The van der Waals surface area contributed by atoms with Gasteiger partial charge in [0.15, 0.2) is 0 Å². The highest BCUT2D eigenvalue weighted by Gasteiger charge is 2.56. The van der Waals surface area contributed by atoms with E-state index in [1.54, 1.807) is 4.90 Å². The van der Waals surface area contributed by atoms with Crippen LogP contribution >= 0.6 is 0 Å². The van der Waals surface area contributed by atoms with E-state index in [4.69, 9.17) is 0 Å². The van der Waals surface area contributed by atoms with Gasteiger partial charge < -0.3 is 15.3 Å². The molecule has 0 spiro atoms. The Bertz CT molecular complexity index is 450. The maximum absolute atomic E-state index is 12.3. The summed E-state index contributed by atoms with van der Waals surface area (Å²) in [7, 11) is 0. The van der Waals surface area contributed by atoms with E-state index in [0.717, 1.165) is 12.8 Å². The first-order valence-electron chi connectivity index (χ1n) is 6.82. The molecule has 104 valence electrons. The van der Waals surface area contributed by atoms with Crippen LogP contribution in [0.3, 0.4) is 0 Å². The van der Waals surface area contributed by atoms with Crippen LogP contribution in [0, 0.1) is 17.3 Å². The van der Waals surface area contributed by atoms with Crippen LogP contribution in [0.1, 0.15) is 25.7 Å². The first kappa shape index (κ1) is 12.4. The van der Waals surface area contributed by atoms with Crippen molar-refractivity contribution in [3.8, 4) is 0 Å². The largest absolute Gasteiger partial charge is 0.481 e. The Morgan fingerprint density at radius 1 is 1.42 bits per heavy atom. The van der Waals surface area contributed by atoms with Crippen molar-refractivity contribution in [2.45, 2.75) is 25.7 Å². The van der Waals surface area contributed by atoms with Crippen LogP contribution in [-0.4, -0.2) is 47.4 Å². The number of carbonyl (C=O) groups is 3. The average molecular weight is 266 g/mol. The predicted octanol–water partition coefficient (Wildman–Crippen LogP) is -0.164. The number of likely N-dealkylation sites (tertiary alicyclic amines) is 1. The van der Waals surface area contributed by atoms with Crippen LogP contribution in [0.5, 0.6) is 0 Å². The van der Waals surface area contributed by atoms with Crippen molar-refractivity contribution < 1.29 is 19.5 Å². The number of carboxylic acid groups (broad SMARTS) is 1. The molecule has 0 aromatic carbocycles. The second-order valence-corrected chi connectivity index (χ2v) is 5.97. The molecule has 2 aliphatic heterocycles. The maximum Gasteiger partial charge on any atom is 0.311 e. The molecule has 6 heteroatoms. The minimum Gasteiger partial charge on any atom is -0.481 e. The number of rotatable bonds is 2. The van der Waals surface area contributed by atoms with Crippen molar-refractivity contribution in [3.63, 3.8) is 0 Å². The minimum absolute atomic E-state index is 0.0617. The van der Waals surface area contributed by atoms with E-state index in [1.165, 1.54) is 0 Å². The van der Waals surface area contributed by atoms with Crippen molar-refractivity contribution in [1.29, 1.82) is 0 Å². The van der Waals surface area contributed by atoms with Gasteiger partial charge in [-0.05, 0) is 18.8 Å². The Labute approximate surface area is 111 Å². The van der Waals surface area contributed by atoms with Gasteiger partial charge >= 0.3 is 5.97 Å². The third-order valence-electron chi connectivity index (χ3n) is 4.93. The number of fused-ring (bicyclic) bond motifs is 1. The highest BCUT2D eigenvalue weighted by atomic mass is 16.4. The molecule has 3 fully saturated rings. The first-order valence-corrected chi connectivity index (χ1v) is 6.82. The van der Waals surface area contributed by atoms with Crippen LogP contribution in [-0.2, 0) is 14.4 Å². The Balaban J connectivity index is 1.73. The van der Waals surface area contributed by atoms with Gasteiger partial charge in [0.05, 0.1) is 11.3 Å². The molecule has 2 N–H and O–H groups in total. The van der Waals surface area contributed by atoms with Gasteiger partial charge in [-0.1, -0.05) is 6.42 Å². The summed E-state index contributed by atoms with van der Waals surface area (Å²) in [4.78, 5) is 36.7. The van der Waals surface area contributed by atoms with Gasteiger partial charge in [-0.3, -0.25) is 14.4 Å². The third kappa shape index (κ3) is 1.81. The number of aliphatic carboxylic acids is 1. The van der Waals surface area contributed by atoms with Gasteiger partial charge in [-0.2, -0.15) is 0 Å². The molecule has 2 saturated heterocycles. The summed E-state index contributed by atoms with van der Waals surface area (Å²) < 4.78 is 0. The normalized spacial score (nSPS) is 37.3. The van der Waals surface area contributed by atoms with E-state index < -0.39 is 11.4 Å². The maximum atomic E-state index is 12.3. The second-order valence-electron chi connectivity index (χ2n) is 5.97. The lowest BCUT2D eigenvalue weighted by atomic mass is 9.81. The number of hydrogen-bond acceptors (Lipinski definition) is 3. The number of hydrogen-bond donors (Lipinski definition) is 2. The summed E-state index contributed by atoms with van der Waals surface area (Å²) in [5.41, 5.74) is -0.730. The Morgan fingerprint density at radius 3 is 2.79 bits per heavy atom. The van der Waals surface area contributed by atoms with E-state index in [2.05, 4.69) is 5.32 Å². The molecule has 1 unspecified atom stereocenters. The fraction of sp³-hybridized carbons (Fsp3) is 0.769. The molecule has 0 radical (unpaired) electrons. The topological polar surface area (TPSA) is 86.7 Å². The van der Waals surface area contributed by atoms with Gasteiger partial charge in [0.1, 0.15) is 0 Å². The summed E-state index contributed by atoms with van der Waals surface area (Å²) >= 11 is 0. The molecule has 0 bridgehead atoms. The van der Waals surface area contributed by atoms with Crippen molar-refractivity contribution in [3.05, 3.63) is 0 Å². The van der Waals surface area contributed by atoms with Crippen LogP contribution in [0.2, 0.25) is 0 Å². The molecule has 1 saturated carbocycles. The highest BCUT2D eigenvalue weighted by molar-refractivity contribution is 5.90. The van der Waals surface area contributed by atoms with E-state index >= 15 is 0 Å². The highest BCUT2D eigenvalue weighted by Crippen LogP contribution is 2.49. The fourth-order valence-corrected chi connectivity index (χ4v) is 3.84. The lowest BCUT2D eigenvalue weighted by molar-refractivity contribution is -0.149. The van der Waals surface area contributed by atoms with Crippen LogP contribution in [0.25, 0.3) is 0 Å². The Morgan fingerprint density at radius 2 is 2.21 bits per heavy atom. The number of carbonyl (C=O) groups excluding carboxylic acids is 2. The monoisotopic (exact) mass is 266 g/mol. The van der Waals surface area contributed by atoms with E-state index in [1.807, 2.05) is 0 Å². The molecule has 0 aromatic rings. The van der Waals surface area contributed by atoms with Gasteiger partial charge in [0.25, 0.3) is 0 Å². The first-order chi connectivity index (χ1) is 9.03. The van der Waals surface area contributed by atoms with Gasteiger partial charge in [0, 0.05) is 26.1 Å². The Kier molecular flexibility index (Phi) is 2.76. The van der Waals surface area contributed by atoms with Crippen molar-refractivity contribution in [2.24, 2.45) is 17.3 Å². The molecule has 3 aliphatic rings. The van der Waals surface area contributed by atoms with E-state index in [-0.39, 0.29) is 30.1 Å². The van der Waals surface area contributed by atoms with Gasteiger partial charge in [0.2, 0.25) is 11.8 Å². The zero-order chi connectivity index (χ0) is 13.6. The molecule has 2 amide bonds. The number of nitrogens with one attached hydrogen (secondary N) is 1. The number of carboxylic acids is 1. The second kappa shape index (κ2) is 4.21. The molecule has 2 heterocycles. The zero-order valence-electron chi connectivity index (χ0n) is 10.7. The van der Waals surface area contributed by atoms with Gasteiger partial charge in [-0.25, -0.2) is 0 Å². The summed E-state index contributed by atoms with van der Waals surface area (Å²) in [5, 5.41) is 12.1. The standard InChI is InChI=1S/C13H18N2O4/c16-10-4-8(5-14-10)11(17)15-6-9-2-1-3-13(9,7-15)12(18)19/h8-9H,1-7H2,(H,14,16)(H,18,19)/t8?,9-,13+/m0/s1. The summed E-state index contributed by atoms with van der Waals surface area (Å²) in [6, 6.07) is 0. The smallest absolute Gasteiger partial charge is 0.311 e. The SMILES string of the molecule is O=C1CC(C(=O)N2C[C@@H]3CCC[C@@]3(C(=O)O)C2)CN1.